The van der Waals surface area contributed by atoms with Crippen LogP contribution in [0.25, 0.3) is 6.08 Å². The third kappa shape index (κ3) is 1.67. The summed E-state index contributed by atoms with van der Waals surface area (Å²) >= 11 is 0. The fourth-order valence-corrected chi connectivity index (χ4v) is 2.53. The van der Waals surface area contributed by atoms with E-state index in [0.717, 1.165) is 0 Å². The monoisotopic (exact) mass is 275 g/mol. The molecule has 0 aromatic heterocycles. The van der Waals surface area contributed by atoms with E-state index in [1.54, 1.807) is 6.08 Å². The predicted molar refractivity (Wildman–Crippen MR) is 72.8 cm³/mol. The van der Waals surface area contributed by atoms with Crippen LogP contribution in [0.1, 0.15) is 12.0 Å². The molecule has 1 aromatic rings. The van der Waals surface area contributed by atoms with E-state index in [9.17, 15) is 20.1 Å². The first-order valence-electron chi connectivity index (χ1n) is 6.09. The average molecular weight is 275 g/mol. The third-order valence-electron chi connectivity index (χ3n) is 3.44. The van der Waals surface area contributed by atoms with E-state index in [4.69, 9.17) is 5.73 Å². The van der Waals surface area contributed by atoms with E-state index >= 15 is 0 Å². The van der Waals surface area contributed by atoms with Crippen LogP contribution in [0.3, 0.4) is 0 Å². The van der Waals surface area contributed by atoms with Crippen LogP contribution < -0.4 is 10.6 Å². The first-order valence-corrected chi connectivity index (χ1v) is 6.09. The topological polar surface area (TPSA) is 119 Å². The lowest BCUT2D eigenvalue weighted by Crippen LogP contribution is -2.51. The molecule has 20 heavy (non-hydrogen) atoms. The molecule has 2 heterocycles. The minimum Gasteiger partial charge on any atom is -0.504 e. The molecule has 7 nitrogen and oxygen atoms in total. The van der Waals surface area contributed by atoms with E-state index in [-0.39, 0.29) is 11.5 Å². The molecule has 0 fully saturated rings. The highest BCUT2D eigenvalue weighted by Crippen LogP contribution is 2.39. The van der Waals surface area contributed by atoms with Gasteiger partial charge >= 0.3 is 5.97 Å². The molecule has 0 aliphatic carbocycles. The summed E-state index contributed by atoms with van der Waals surface area (Å²) in [5, 5.41) is 28.5. The molecule has 0 radical (unpaired) electrons. The molecular weight excluding hydrogens is 262 g/mol. The lowest BCUT2D eigenvalue weighted by Gasteiger charge is -2.38. The highest BCUT2D eigenvalue weighted by molar-refractivity contribution is 6.18. The fraction of sp³-hybridized carbons (Fsp3) is 0.231. The van der Waals surface area contributed by atoms with Crippen molar-refractivity contribution >= 4 is 23.6 Å². The number of aromatic hydroxyl groups is 2. The average Bonchev–Trinajstić information content (AvgIpc) is 2.41. The van der Waals surface area contributed by atoms with E-state index < -0.39 is 12.0 Å². The largest absolute Gasteiger partial charge is 0.504 e. The maximum atomic E-state index is 11.4. The molecule has 104 valence electrons. The molecule has 0 saturated heterocycles. The second-order valence-corrected chi connectivity index (χ2v) is 4.72. The zero-order valence-electron chi connectivity index (χ0n) is 10.4. The summed E-state index contributed by atoms with van der Waals surface area (Å²) < 4.78 is 0. The van der Waals surface area contributed by atoms with Crippen molar-refractivity contribution in [1.29, 1.82) is 0 Å². The Morgan fingerprint density at radius 2 is 2.05 bits per heavy atom. The van der Waals surface area contributed by atoms with Gasteiger partial charge in [-0.3, -0.25) is 4.99 Å². The third-order valence-corrected chi connectivity index (χ3v) is 3.44. The Labute approximate surface area is 114 Å². The Morgan fingerprint density at radius 1 is 1.35 bits per heavy atom. The number of carboxylic acid groups (broad SMARTS) is 1. The molecule has 0 bridgehead atoms. The van der Waals surface area contributed by atoms with Crippen LogP contribution in [0.15, 0.2) is 22.8 Å². The maximum absolute atomic E-state index is 11.4. The summed E-state index contributed by atoms with van der Waals surface area (Å²) in [4.78, 5) is 17.2. The van der Waals surface area contributed by atoms with Crippen LogP contribution in [0.4, 0.5) is 5.69 Å². The molecule has 0 amide bonds. The van der Waals surface area contributed by atoms with Crippen molar-refractivity contribution in [3.05, 3.63) is 23.4 Å². The second kappa shape index (κ2) is 4.16. The Hall–Kier alpha value is -2.70. The number of aliphatic carboxylic acids is 1. The van der Waals surface area contributed by atoms with Crippen molar-refractivity contribution in [2.24, 2.45) is 10.7 Å². The Balaban J connectivity index is 2.23. The maximum Gasteiger partial charge on any atom is 0.326 e. The van der Waals surface area contributed by atoms with Gasteiger partial charge in [-0.2, -0.15) is 0 Å². The zero-order chi connectivity index (χ0) is 14.4. The molecule has 5 N–H and O–H groups in total. The van der Waals surface area contributed by atoms with E-state index in [1.165, 1.54) is 17.0 Å². The van der Waals surface area contributed by atoms with Gasteiger partial charge in [0.1, 0.15) is 6.04 Å². The molecule has 1 aromatic carbocycles. The van der Waals surface area contributed by atoms with Crippen LogP contribution in [0.5, 0.6) is 11.5 Å². The summed E-state index contributed by atoms with van der Waals surface area (Å²) in [6, 6.07) is 1.88. The van der Waals surface area contributed by atoms with Crippen molar-refractivity contribution in [3.63, 3.8) is 0 Å². The standard InChI is InChI=1S/C13H13N3O4/c14-7-3-6-4-10(17)11(18)5-9(6)16-8(13(19)20)1-2-15-12(7)16/h3-5,8,17-18H,1-2,14H2,(H,19,20)/t8-/m0/s1. The molecule has 0 saturated carbocycles. The van der Waals surface area contributed by atoms with E-state index in [0.29, 0.717) is 35.7 Å². The molecule has 0 spiro atoms. The van der Waals surface area contributed by atoms with Gasteiger partial charge in [0, 0.05) is 18.2 Å². The first-order chi connectivity index (χ1) is 9.49. The number of benzene rings is 1. The van der Waals surface area contributed by atoms with Crippen LogP contribution in [-0.4, -0.2) is 39.7 Å². The van der Waals surface area contributed by atoms with Crippen molar-refractivity contribution in [1.82, 2.24) is 0 Å². The highest BCUT2D eigenvalue weighted by atomic mass is 16.4. The number of phenolic OH excluding ortho intramolecular Hbond substituents is 2. The van der Waals surface area contributed by atoms with Gasteiger partial charge in [0.2, 0.25) is 0 Å². The normalized spacial score (nSPS) is 20.6. The van der Waals surface area contributed by atoms with Gasteiger partial charge in [0.15, 0.2) is 17.3 Å². The number of nitrogens with zero attached hydrogens (tertiary/aromatic N) is 2. The summed E-state index contributed by atoms with van der Waals surface area (Å²) in [5.74, 6) is -1.18. The van der Waals surface area contributed by atoms with Crippen molar-refractivity contribution in [2.45, 2.75) is 12.5 Å². The number of rotatable bonds is 1. The number of carboxylic acids is 1. The quantitative estimate of drug-likeness (QED) is 0.553. The van der Waals surface area contributed by atoms with E-state index in [2.05, 4.69) is 4.99 Å². The molecular formula is C13H13N3O4. The molecule has 2 aliphatic rings. The SMILES string of the molecule is NC1=Cc2cc(O)c(O)cc2N2C1=NCC[C@H]2C(=O)O. The molecule has 0 unspecified atom stereocenters. The van der Waals surface area contributed by atoms with Crippen molar-refractivity contribution < 1.29 is 20.1 Å². The zero-order valence-corrected chi connectivity index (χ0v) is 10.4. The van der Waals surface area contributed by atoms with Crippen LogP contribution >= 0.6 is 0 Å². The summed E-state index contributed by atoms with van der Waals surface area (Å²) in [7, 11) is 0. The number of carbonyl (C=O) groups is 1. The van der Waals surface area contributed by atoms with Gasteiger partial charge in [-0.25, -0.2) is 4.79 Å². The summed E-state index contributed by atoms with van der Waals surface area (Å²) in [5.41, 5.74) is 7.27. The highest BCUT2D eigenvalue weighted by Gasteiger charge is 2.36. The number of hydrogen-bond donors (Lipinski definition) is 4. The van der Waals surface area contributed by atoms with Gasteiger partial charge < -0.3 is 26.0 Å². The van der Waals surface area contributed by atoms with Gasteiger partial charge in [-0.05, 0) is 18.6 Å². The number of phenols is 2. The molecule has 3 rings (SSSR count). The van der Waals surface area contributed by atoms with Crippen LogP contribution in [0, 0.1) is 0 Å². The number of amidine groups is 1. The molecule has 2 aliphatic heterocycles. The number of aliphatic imine (C=N–C) groups is 1. The minimum atomic E-state index is -0.981. The van der Waals surface area contributed by atoms with Gasteiger partial charge in [-0.1, -0.05) is 0 Å². The predicted octanol–water partition coefficient (Wildman–Crippen LogP) is 0.473. The Morgan fingerprint density at radius 3 is 2.75 bits per heavy atom. The van der Waals surface area contributed by atoms with Gasteiger partial charge in [0.25, 0.3) is 0 Å². The number of nitrogens with two attached hydrogens (primary N) is 1. The number of hydrogen-bond acceptors (Lipinski definition) is 6. The van der Waals surface area contributed by atoms with Crippen LogP contribution in [-0.2, 0) is 4.79 Å². The lowest BCUT2D eigenvalue weighted by molar-refractivity contribution is -0.138. The smallest absolute Gasteiger partial charge is 0.326 e. The molecule has 7 heteroatoms. The summed E-state index contributed by atoms with van der Waals surface area (Å²) in [6.45, 7) is 0.386. The number of fused-ring (bicyclic) bond motifs is 3. The first kappa shape index (κ1) is 12.3. The van der Waals surface area contributed by atoms with Crippen LogP contribution in [0.2, 0.25) is 0 Å². The Kier molecular flexibility index (Phi) is 2.56. The van der Waals surface area contributed by atoms with E-state index in [1.807, 2.05) is 0 Å². The minimum absolute atomic E-state index is 0.280. The van der Waals surface area contributed by atoms with Gasteiger partial charge in [0.05, 0.1) is 11.4 Å². The fourth-order valence-electron chi connectivity index (χ4n) is 2.53. The molecule has 1 atom stereocenters. The Bertz CT molecular complexity index is 666. The summed E-state index contributed by atoms with van der Waals surface area (Å²) in [6.07, 6.45) is 1.96. The lowest BCUT2D eigenvalue weighted by atomic mass is 9.99. The second-order valence-electron chi connectivity index (χ2n) is 4.72. The van der Waals surface area contributed by atoms with Gasteiger partial charge in [-0.15, -0.1) is 0 Å². The number of anilines is 1. The van der Waals surface area contributed by atoms with Crippen molar-refractivity contribution in [2.75, 3.05) is 11.4 Å². The van der Waals surface area contributed by atoms with Crippen molar-refractivity contribution in [3.8, 4) is 11.5 Å².